The first-order valence-corrected chi connectivity index (χ1v) is 5.21. The molecule has 0 aliphatic heterocycles. The predicted molar refractivity (Wildman–Crippen MR) is 65.4 cm³/mol. The van der Waals surface area contributed by atoms with E-state index in [0.717, 1.165) is 27.7 Å². The second-order valence-corrected chi connectivity index (χ2v) is 4.23. The molecular weight excluding hydrogens is 208 g/mol. The molecule has 2 N–H and O–H groups in total. The van der Waals surface area contributed by atoms with Crippen molar-refractivity contribution < 1.29 is 0 Å². The van der Waals surface area contributed by atoms with Crippen molar-refractivity contribution in [1.82, 2.24) is 4.98 Å². The summed E-state index contributed by atoms with van der Waals surface area (Å²) >= 11 is 6.09. The first kappa shape index (κ1) is 10.2. The zero-order chi connectivity index (χ0) is 11.2. The van der Waals surface area contributed by atoms with Crippen LogP contribution in [0.4, 0.5) is 5.69 Å². The van der Waals surface area contributed by atoms with Crippen LogP contribution in [0.3, 0.4) is 0 Å². The molecule has 0 saturated carbocycles. The minimum absolute atomic E-state index is 0.566. The molecule has 0 amide bonds. The average molecular weight is 221 g/mol. The molecule has 0 spiro atoms. The number of halogens is 1. The Morgan fingerprint density at radius 3 is 2.40 bits per heavy atom. The minimum atomic E-state index is 0.566. The monoisotopic (exact) mass is 220 g/mol. The second-order valence-electron chi connectivity index (χ2n) is 3.85. The van der Waals surface area contributed by atoms with Crippen LogP contribution in [0, 0.1) is 20.8 Å². The summed E-state index contributed by atoms with van der Waals surface area (Å²) in [5, 5.41) is 1.54. The second kappa shape index (κ2) is 3.38. The van der Waals surface area contributed by atoms with E-state index in [9.17, 15) is 0 Å². The molecule has 0 unspecified atom stereocenters. The number of aryl methyl sites for hydroxylation is 3. The van der Waals surface area contributed by atoms with Crippen molar-refractivity contribution >= 4 is 28.2 Å². The number of pyridine rings is 1. The fourth-order valence-electron chi connectivity index (χ4n) is 1.80. The molecule has 78 valence electrons. The van der Waals surface area contributed by atoms with Crippen molar-refractivity contribution in [3.63, 3.8) is 0 Å². The summed E-state index contributed by atoms with van der Waals surface area (Å²) in [7, 11) is 0. The third-order valence-electron chi connectivity index (χ3n) is 2.69. The fourth-order valence-corrected chi connectivity index (χ4v) is 1.94. The molecule has 3 heteroatoms. The highest BCUT2D eigenvalue weighted by Gasteiger charge is 2.11. The van der Waals surface area contributed by atoms with Crippen LogP contribution in [0.25, 0.3) is 10.9 Å². The van der Waals surface area contributed by atoms with Crippen LogP contribution in [0.2, 0.25) is 5.02 Å². The molecule has 0 saturated heterocycles. The van der Waals surface area contributed by atoms with Crippen LogP contribution in [0.1, 0.15) is 16.8 Å². The number of fused-ring (bicyclic) bond motifs is 1. The van der Waals surface area contributed by atoms with Gasteiger partial charge in [-0.15, -0.1) is 0 Å². The summed E-state index contributed by atoms with van der Waals surface area (Å²) in [6.45, 7) is 5.92. The molecule has 0 radical (unpaired) electrons. The SMILES string of the molecule is Cc1nc2c(C)ccc(C)c2c(N)c1Cl. The van der Waals surface area contributed by atoms with E-state index in [4.69, 9.17) is 17.3 Å². The van der Waals surface area contributed by atoms with Gasteiger partial charge in [-0.3, -0.25) is 4.98 Å². The first-order valence-electron chi connectivity index (χ1n) is 4.84. The topological polar surface area (TPSA) is 38.9 Å². The van der Waals surface area contributed by atoms with Gasteiger partial charge in [0.25, 0.3) is 0 Å². The number of nitrogens with two attached hydrogens (primary N) is 1. The van der Waals surface area contributed by atoms with Crippen LogP contribution in [-0.4, -0.2) is 4.98 Å². The fraction of sp³-hybridized carbons (Fsp3) is 0.250. The molecule has 0 fully saturated rings. The van der Waals surface area contributed by atoms with Gasteiger partial charge in [0, 0.05) is 5.39 Å². The quantitative estimate of drug-likeness (QED) is 0.739. The van der Waals surface area contributed by atoms with Crippen molar-refractivity contribution in [1.29, 1.82) is 0 Å². The largest absolute Gasteiger partial charge is 0.397 e. The van der Waals surface area contributed by atoms with Crippen molar-refractivity contribution in [3.05, 3.63) is 34.0 Å². The lowest BCUT2D eigenvalue weighted by Gasteiger charge is -2.11. The van der Waals surface area contributed by atoms with Crippen LogP contribution in [0.15, 0.2) is 12.1 Å². The number of nitrogens with zero attached hydrogens (tertiary/aromatic N) is 1. The molecule has 1 aromatic heterocycles. The highest BCUT2D eigenvalue weighted by molar-refractivity contribution is 6.35. The van der Waals surface area contributed by atoms with Crippen molar-refractivity contribution in [2.45, 2.75) is 20.8 Å². The number of hydrogen-bond donors (Lipinski definition) is 1. The lowest BCUT2D eigenvalue weighted by molar-refractivity contribution is 1.24. The molecule has 0 aliphatic rings. The Bertz CT molecular complexity index is 547. The number of anilines is 1. The average Bonchev–Trinajstić information content (AvgIpc) is 2.20. The Morgan fingerprint density at radius 1 is 1.13 bits per heavy atom. The normalized spacial score (nSPS) is 10.9. The molecule has 0 aliphatic carbocycles. The van der Waals surface area contributed by atoms with Crippen LogP contribution in [0.5, 0.6) is 0 Å². The zero-order valence-electron chi connectivity index (χ0n) is 9.06. The van der Waals surface area contributed by atoms with E-state index in [0.29, 0.717) is 10.7 Å². The standard InChI is InChI=1S/C12H13ClN2/c1-6-4-5-7(2)12-9(6)11(14)10(13)8(3)15-12/h4-5H,1-3H3,(H2,14,15). The van der Waals surface area contributed by atoms with E-state index in [-0.39, 0.29) is 0 Å². The lowest BCUT2D eigenvalue weighted by atomic mass is 10.0. The Labute approximate surface area is 94.1 Å². The van der Waals surface area contributed by atoms with Crippen LogP contribution >= 0.6 is 11.6 Å². The summed E-state index contributed by atoms with van der Waals surface area (Å²) < 4.78 is 0. The van der Waals surface area contributed by atoms with Gasteiger partial charge in [-0.05, 0) is 31.9 Å². The predicted octanol–water partition coefficient (Wildman–Crippen LogP) is 3.40. The number of aromatic nitrogens is 1. The lowest BCUT2D eigenvalue weighted by Crippen LogP contribution is -1.97. The molecular formula is C12H13ClN2. The van der Waals surface area contributed by atoms with Gasteiger partial charge in [-0.2, -0.15) is 0 Å². The van der Waals surface area contributed by atoms with E-state index in [1.165, 1.54) is 0 Å². The molecule has 15 heavy (non-hydrogen) atoms. The summed E-state index contributed by atoms with van der Waals surface area (Å²) in [6.07, 6.45) is 0. The van der Waals surface area contributed by atoms with Gasteiger partial charge in [0.2, 0.25) is 0 Å². The molecule has 0 atom stereocenters. The minimum Gasteiger partial charge on any atom is -0.397 e. The smallest absolute Gasteiger partial charge is 0.0854 e. The zero-order valence-corrected chi connectivity index (χ0v) is 9.81. The van der Waals surface area contributed by atoms with Gasteiger partial charge in [-0.25, -0.2) is 0 Å². The van der Waals surface area contributed by atoms with E-state index in [1.54, 1.807) is 0 Å². The summed E-state index contributed by atoms with van der Waals surface area (Å²) in [4.78, 5) is 4.48. The Kier molecular flexibility index (Phi) is 2.31. The van der Waals surface area contributed by atoms with Crippen molar-refractivity contribution in [2.24, 2.45) is 0 Å². The summed E-state index contributed by atoms with van der Waals surface area (Å²) in [6, 6.07) is 4.10. The van der Waals surface area contributed by atoms with Gasteiger partial charge in [0.1, 0.15) is 0 Å². The van der Waals surface area contributed by atoms with E-state index >= 15 is 0 Å². The van der Waals surface area contributed by atoms with Gasteiger partial charge in [0.15, 0.2) is 0 Å². The van der Waals surface area contributed by atoms with Crippen molar-refractivity contribution in [2.75, 3.05) is 5.73 Å². The van der Waals surface area contributed by atoms with E-state index in [2.05, 4.69) is 11.1 Å². The Morgan fingerprint density at radius 2 is 1.73 bits per heavy atom. The third-order valence-corrected chi connectivity index (χ3v) is 3.17. The maximum absolute atomic E-state index is 6.09. The maximum atomic E-state index is 6.09. The molecule has 1 aromatic carbocycles. The van der Waals surface area contributed by atoms with Gasteiger partial charge >= 0.3 is 0 Å². The maximum Gasteiger partial charge on any atom is 0.0854 e. The Balaban J connectivity index is 3.04. The Hall–Kier alpha value is -1.28. The van der Waals surface area contributed by atoms with Gasteiger partial charge in [0.05, 0.1) is 21.9 Å². The van der Waals surface area contributed by atoms with Crippen molar-refractivity contribution in [3.8, 4) is 0 Å². The van der Waals surface area contributed by atoms with Gasteiger partial charge < -0.3 is 5.73 Å². The highest BCUT2D eigenvalue weighted by Crippen LogP contribution is 2.33. The number of hydrogen-bond acceptors (Lipinski definition) is 2. The molecule has 1 heterocycles. The van der Waals surface area contributed by atoms with Crippen LogP contribution < -0.4 is 5.73 Å². The van der Waals surface area contributed by atoms with E-state index in [1.807, 2.05) is 26.8 Å². The van der Waals surface area contributed by atoms with E-state index < -0.39 is 0 Å². The first-order chi connectivity index (χ1) is 7.02. The molecule has 2 nitrogen and oxygen atoms in total. The molecule has 2 aromatic rings. The number of rotatable bonds is 0. The third kappa shape index (κ3) is 1.45. The summed E-state index contributed by atoms with van der Waals surface area (Å²) in [5.41, 5.74) is 10.6. The number of benzene rings is 1. The number of nitrogen functional groups attached to an aromatic ring is 1. The molecule has 0 bridgehead atoms. The highest BCUT2D eigenvalue weighted by atomic mass is 35.5. The summed E-state index contributed by atoms with van der Waals surface area (Å²) in [5.74, 6) is 0. The van der Waals surface area contributed by atoms with Gasteiger partial charge in [-0.1, -0.05) is 23.7 Å². The van der Waals surface area contributed by atoms with Crippen LogP contribution in [-0.2, 0) is 0 Å². The molecule has 2 rings (SSSR count).